The maximum absolute atomic E-state index is 6.22. The maximum Gasteiger partial charge on any atom is 0.206 e. The summed E-state index contributed by atoms with van der Waals surface area (Å²) >= 11 is 10.4. The number of rotatable bonds is 5. The van der Waals surface area contributed by atoms with Crippen LogP contribution in [0.3, 0.4) is 0 Å². The van der Waals surface area contributed by atoms with E-state index in [0.29, 0.717) is 29.0 Å². The summed E-state index contributed by atoms with van der Waals surface area (Å²) in [6, 6.07) is 18.8. The second-order valence-corrected chi connectivity index (χ2v) is 6.33. The average Bonchev–Trinajstić information content (AvgIpc) is 2.69. The van der Waals surface area contributed by atoms with E-state index in [-0.39, 0.29) is 0 Å². The van der Waals surface area contributed by atoms with Gasteiger partial charge in [-0.3, -0.25) is 4.98 Å². The molecule has 0 bridgehead atoms. The van der Waals surface area contributed by atoms with Crippen molar-refractivity contribution in [3.05, 3.63) is 83.1 Å². The van der Waals surface area contributed by atoms with Crippen molar-refractivity contribution in [2.45, 2.75) is 13.5 Å². The van der Waals surface area contributed by atoms with Gasteiger partial charge in [0.15, 0.2) is 5.75 Å². The lowest BCUT2D eigenvalue weighted by atomic mass is 10.2. The van der Waals surface area contributed by atoms with E-state index < -0.39 is 0 Å². The molecule has 3 aromatic rings. The van der Waals surface area contributed by atoms with Crippen molar-refractivity contribution >= 4 is 36.1 Å². The molecule has 5 nitrogen and oxygen atoms in total. The number of aryl methyl sites for hydroxylation is 1. The molecule has 138 valence electrons. The number of aromatic nitrogens is 1. The van der Waals surface area contributed by atoms with E-state index in [2.05, 4.69) is 32.8 Å². The fraction of sp³-hybridized carbons (Fsp3) is 0.100. The largest absolute Gasteiger partial charge is 0.454 e. The second-order valence-electron chi connectivity index (χ2n) is 5.70. The molecule has 0 aliphatic heterocycles. The summed E-state index contributed by atoms with van der Waals surface area (Å²) < 4.78 is 8.79. The molecule has 0 fully saturated rings. The Morgan fingerprint density at radius 1 is 1.07 bits per heavy atom. The predicted octanol–water partition coefficient (Wildman–Crippen LogP) is 5.24. The predicted molar refractivity (Wildman–Crippen MR) is 114 cm³/mol. The van der Waals surface area contributed by atoms with Crippen LogP contribution in [0.1, 0.15) is 11.3 Å². The van der Waals surface area contributed by atoms with Crippen LogP contribution in [0, 0.1) is 6.92 Å². The van der Waals surface area contributed by atoms with Crippen LogP contribution in [-0.4, -0.2) is 10.9 Å². The number of guanidine groups is 1. The van der Waals surface area contributed by atoms with Gasteiger partial charge in [0.05, 0.1) is 22.9 Å². The van der Waals surface area contributed by atoms with Crippen LogP contribution in [0.2, 0.25) is 5.02 Å². The van der Waals surface area contributed by atoms with Crippen LogP contribution in [-0.2, 0) is 6.54 Å². The van der Waals surface area contributed by atoms with Crippen molar-refractivity contribution in [3.8, 4) is 11.5 Å². The van der Waals surface area contributed by atoms with Crippen LogP contribution in [0.5, 0.6) is 11.5 Å². The van der Waals surface area contributed by atoms with Crippen molar-refractivity contribution in [2.24, 2.45) is 4.99 Å². The Morgan fingerprint density at radius 3 is 2.59 bits per heavy atom. The normalized spacial score (nSPS) is 11.1. The van der Waals surface area contributed by atoms with Crippen molar-refractivity contribution in [3.63, 3.8) is 0 Å². The number of thiol groups is 1. The molecule has 1 aromatic heterocycles. The summed E-state index contributed by atoms with van der Waals surface area (Å²) in [5.74, 6) is 1.71. The highest BCUT2D eigenvalue weighted by Crippen LogP contribution is 2.35. The SMILES string of the molecule is Cc1cccc(Oc2ccccc2Cl)c1NC(=NCc1ccccn1)NS. The fourth-order valence-electron chi connectivity index (χ4n) is 2.40. The number of nitrogens with zero attached hydrogens (tertiary/aromatic N) is 2. The summed E-state index contributed by atoms with van der Waals surface area (Å²) in [5.41, 5.74) is 2.63. The molecular formula is C20H19ClN4OS. The summed E-state index contributed by atoms with van der Waals surface area (Å²) in [5, 5.41) is 3.79. The summed E-state index contributed by atoms with van der Waals surface area (Å²) in [6.07, 6.45) is 1.74. The molecule has 0 atom stereocenters. The third-order valence-corrected chi connectivity index (χ3v) is 4.29. The number of hydrogen-bond acceptors (Lipinski definition) is 4. The van der Waals surface area contributed by atoms with Gasteiger partial charge in [-0.15, -0.1) is 0 Å². The molecule has 1 heterocycles. The number of nitrogens with one attached hydrogen (secondary N) is 2. The van der Waals surface area contributed by atoms with Crippen molar-refractivity contribution in [1.29, 1.82) is 0 Å². The van der Waals surface area contributed by atoms with E-state index >= 15 is 0 Å². The zero-order valence-corrected chi connectivity index (χ0v) is 16.3. The Bertz CT molecular complexity index is 934. The second kappa shape index (κ2) is 9.30. The first kappa shape index (κ1) is 19.1. The Kier molecular flexibility index (Phi) is 6.57. The number of aliphatic imine (C=N–C) groups is 1. The quantitative estimate of drug-likeness (QED) is 0.312. The van der Waals surface area contributed by atoms with Gasteiger partial charge >= 0.3 is 0 Å². The number of ether oxygens (including phenoxy) is 1. The van der Waals surface area contributed by atoms with Gasteiger partial charge in [-0.05, 0) is 42.8 Å². The van der Waals surface area contributed by atoms with Crippen molar-refractivity contribution in [1.82, 2.24) is 9.71 Å². The fourth-order valence-corrected chi connectivity index (χ4v) is 2.71. The van der Waals surface area contributed by atoms with Crippen LogP contribution in [0.4, 0.5) is 5.69 Å². The molecule has 0 saturated heterocycles. The van der Waals surface area contributed by atoms with E-state index in [9.17, 15) is 0 Å². The minimum absolute atomic E-state index is 0.420. The molecule has 0 spiro atoms. The van der Waals surface area contributed by atoms with E-state index in [4.69, 9.17) is 16.3 Å². The molecule has 0 radical (unpaired) electrons. The number of hydrogen-bond donors (Lipinski definition) is 3. The monoisotopic (exact) mass is 398 g/mol. The van der Waals surface area contributed by atoms with Crippen molar-refractivity contribution < 1.29 is 4.74 Å². The van der Waals surface area contributed by atoms with Crippen LogP contribution in [0.15, 0.2) is 71.9 Å². The first-order valence-electron chi connectivity index (χ1n) is 8.31. The van der Waals surface area contributed by atoms with Gasteiger partial charge in [-0.1, -0.05) is 54.7 Å². The Morgan fingerprint density at radius 2 is 1.85 bits per heavy atom. The highest BCUT2D eigenvalue weighted by atomic mass is 35.5. The van der Waals surface area contributed by atoms with Gasteiger partial charge in [0.2, 0.25) is 5.96 Å². The molecule has 7 heteroatoms. The zero-order chi connectivity index (χ0) is 19.1. The molecule has 2 N–H and O–H groups in total. The molecular weight excluding hydrogens is 380 g/mol. The van der Waals surface area contributed by atoms with Gasteiger partial charge in [0.25, 0.3) is 0 Å². The molecule has 3 rings (SSSR count). The molecule has 0 saturated carbocycles. The van der Waals surface area contributed by atoms with E-state index in [1.807, 2.05) is 61.5 Å². The average molecular weight is 399 g/mol. The molecule has 0 amide bonds. The highest BCUT2D eigenvalue weighted by molar-refractivity contribution is 7.78. The Hall–Kier alpha value is -2.70. The Labute approximate surface area is 169 Å². The number of halogens is 1. The molecule has 27 heavy (non-hydrogen) atoms. The van der Waals surface area contributed by atoms with Crippen LogP contribution < -0.4 is 14.8 Å². The number of para-hydroxylation sites is 2. The van der Waals surface area contributed by atoms with Gasteiger partial charge in [-0.2, -0.15) is 0 Å². The minimum Gasteiger partial charge on any atom is -0.454 e. The molecule has 0 aliphatic carbocycles. The van der Waals surface area contributed by atoms with Gasteiger partial charge in [0, 0.05) is 6.20 Å². The maximum atomic E-state index is 6.22. The summed E-state index contributed by atoms with van der Waals surface area (Å²) in [4.78, 5) is 8.75. The first-order valence-corrected chi connectivity index (χ1v) is 9.13. The van der Waals surface area contributed by atoms with E-state index in [1.54, 1.807) is 12.3 Å². The minimum atomic E-state index is 0.420. The third-order valence-electron chi connectivity index (χ3n) is 3.77. The van der Waals surface area contributed by atoms with E-state index in [0.717, 1.165) is 16.9 Å². The summed E-state index contributed by atoms with van der Waals surface area (Å²) in [6.45, 7) is 2.40. The number of pyridine rings is 1. The first-order chi connectivity index (χ1) is 13.2. The molecule has 0 unspecified atom stereocenters. The lowest BCUT2D eigenvalue weighted by Crippen LogP contribution is -2.24. The lowest BCUT2D eigenvalue weighted by Gasteiger charge is -2.16. The van der Waals surface area contributed by atoms with Gasteiger partial charge in [-0.25, -0.2) is 4.99 Å². The molecule has 2 aromatic carbocycles. The van der Waals surface area contributed by atoms with E-state index in [1.165, 1.54) is 0 Å². The van der Waals surface area contributed by atoms with Gasteiger partial charge < -0.3 is 14.8 Å². The van der Waals surface area contributed by atoms with Gasteiger partial charge in [0.1, 0.15) is 5.75 Å². The topological polar surface area (TPSA) is 58.5 Å². The standard InChI is InChI=1S/C20H19ClN4OS/c1-14-7-6-11-18(26-17-10-3-2-9-16(17)21)19(14)24-20(25-27)23-13-15-8-4-5-12-22-15/h2-12,27H,13H2,1H3,(H2,23,24,25). The van der Waals surface area contributed by atoms with Crippen molar-refractivity contribution in [2.75, 3.05) is 5.32 Å². The third kappa shape index (κ3) is 5.15. The lowest BCUT2D eigenvalue weighted by molar-refractivity contribution is 0.485. The molecule has 0 aliphatic rings. The highest BCUT2D eigenvalue weighted by Gasteiger charge is 2.11. The smallest absolute Gasteiger partial charge is 0.206 e. The van der Waals surface area contributed by atoms with Crippen LogP contribution >= 0.6 is 24.4 Å². The number of benzene rings is 2. The van der Waals surface area contributed by atoms with Crippen LogP contribution in [0.25, 0.3) is 0 Å². The number of anilines is 1. The zero-order valence-electron chi connectivity index (χ0n) is 14.7. The Balaban J connectivity index is 1.83. The summed E-state index contributed by atoms with van der Waals surface area (Å²) in [7, 11) is 0.